The van der Waals surface area contributed by atoms with E-state index in [0.717, 1.165) is 37.8 Å². The van der Waals surface area contributed by atoms with Gasteiger partial charge in [-0.25, -0.2) is 13.4 Å². The third-order valence-corrected chi connectivity index (χ3v) is 8.52. The molecular formula is C24H33N3O3S. The fourth-order valence-corrected chi connectivity index (χ4v) is 6.04. The maximum atomic E-state index is 12.9. The molecular weight excluding hydrogens is 410 g/mol. The minimum atomic E-state index is -3.67. The Hall–Kier alpha value is -1.96. The standard InChI is InChI=1S/C24H33N3O3S/c1-19(26-13-15-27(16-14-26)21-7-4-3-5-8-21)20-11-12-24(25-18-20)31(28,29)23-10-6-9-22(17-23)30-2/h6,9-12,17-19,21H,3-5,7-8,13-16H2,1-2H3/t19-/m0/s1. The van der Waals surface area contributed by atoms with Gasteiger partial charge in [-0.15, -0.1) is 0 Å². The summed E-state index contributed by atoms with van der Waals surface area (Å²) in [5, 5.41) is 0.0684. The second-order valence-electron chi connectivity index (χ2n) is 8.65. The van der Waals surface area contributed by atoms with Crippen LogP contribution in [0.3, 0.4) is 0 Å². The Bertz CT molecular complexity index is 964. The van der Waals surface area contributed by atoms with E-state index in [1.54, 1.807) is 30.5 Å². The summed E-state index contributed by atoms with van der Waals surface area (Å²) in [6.45, 7) is 6.50. The van der Waals surface area contributed by atoms with Gasteiger partial charge in [0.05, 0.1) is 12.0 Å². The number of nitrogens with zero attached hydrogens (tertiary/aromatic N) is 3. The number of hydrogen-bond donors (Lipinski definition) is 0. The number of pyridine rings is 1. The van der Waals surface area contributed by atoms with Crippen molar-refractivity contribution in [2.24, 2.45) is 0 Å². The summed E-state index contributed by atoms with van der Waals surface area (Å²) in [6, 6.07) is 11.0. The van der Waals surface area contributed by atoms with Crippen molar-refractivity contribution in [3.63, 3.8) is 0 Å². The molecule has 2 heterocycles. The Morgan fingerprint density at radius 1 is 1.03 bits per heavy atom. The van der Waals surface area contributed by atoms with E-state index in [2.05, 4.69) is 21.7 Å². The zero-order chi connectivity index (χ0) is 21.8. The number of rotatable bonds is 6. The molecule has 0 N–H and O–H groups in total. The van der Waals surface area contributed by atoms with Gasteiger partial charge in [-0.3, -0.25) is 9.80 Å². The van der Waals surface area contributed by atoms with Crippen molar-refractivity contribution in [1.82, 2.24) is 14.8 Å². The highest BCUT2D eigenvalue weighted by Gasteiger charge is 2.28. The van der Waals surface area contributed by atoms with E-state index in [0.29, 0.717) is 5.75 Å². The van der Waals surface area contributed by atoms with Crippen LogP contribution in [0, 0.1) is 0 Å². The second-order valence-corrected chi connectivity index (χ2v) is 10.5. The van der Waals surface area contributed by atoms with Gasteiger partial charge in [0.1, 0.15) is 5.75 Å². The van der Waals surface area contributed by atoms with Crippen molar-refractivity contribution in [1.29, 1.82) is 0 Å². The van der Waals surface area contributed by atoms with E-state index in [-0.39, 0.29) is 16.0 Å². The van der Waals surface area contributed by atoms with E-state index >= 15 is 0 Å². The van der Waals surface area contributed by atoms with Crippen LogP contribution in [0.1, 0.15) is 50.6 Å². The molecule has 1 aromatic carbocycles. The fourth-order valence-electron chi connectivity index (χ4n) is 4.83. The molecule has 0 unspecified atom stereocenters. The van der Waals surface area contributed by atoms with E-state index in [4.69, 9.17) is 4.74 Å². The second kappa shape index (κ2) is 9.67. The van der Waals surface area contributed by atoms with Crippen molar-refractivity contribution in [2.45, 2.75) is 61.0 Å². The summed E-state index contributed by atoms with van der Waals surface area (Å²) >= 11 is 0. The van der Waals surface area contributed by atoms with Crippen molar-refractivity contribution in [2.75, 3.05) is 33.3 Å². The number of piperazine rings is 1. The maximum Gasteiger partial charge on any atom is 0.223 e. The van der Waals surface area contributed by atoms with Gasteiger partial charge in [-0.2, -0.15) is 0 Å². The van der Waals surface area contributed by atoms with Gasteiger partial charge < -0.3 is 4.74 Å². The quantitative estimate of drug-likeness (QED) is 0.674. The molecule has 1 saturated carbocycles. The molecule has 2 aromatic rings. The van der Waals surface area contributed by atoms with E-state index in [1.807, 2.05) is 6.07 Å². The normalized spacial score (nSPS) is 20.5. The Labute approximate surface area is 186 Å². The third kappa shape index (κ3) is 4.94. The van der Waals surface area contributed by atoms with Crippen LogP contribution in [0.25, 0.3) is 0 Å². The molecule has 0 radical (unpaired) electrons. The lowest BCUT2D eigenvalue weighted by Crippen LogP contribution is -2.51. The van der Waals surface area contributed by atoms with Crippen LogP contribution in [-0.4, -0.2) is 62.5 Å². The van der Waals surface area contributed by atoms with Gasteiger partial charge in [0.2, 0.25) is 9.84 Å². The molecule has 168 valence electrons. The first-order chi connectivity index (χ1) is 15.0. The first-order valence-corrected chi connectivity index (χ1v) is 12.8. The summed E-state index contributed by atoms with van der Waals surface area (Å²) < 4.78 is 31.0. The average molecular weight is 444 g/mol. The van der Waals surface area contributed by atoms with E-state index < -0.39 is 9.84 Å². The first-order valence-electron chi connectivity index (χ1n) is 11.3. The highest BCUT2D eigenvalue weighted by Crippen LogP contribution is 2.28. The van der Waals surface area contributed by atoms with Crippen molar-refractivity contribution in [3.05, 3.63) is 48.2 Å². The van der Waals surface area contributed by atoms with Crippen molar-refractivity contribution < 1.29 is 13.2 Å². The third-order valence-electron chi connectivity index (χ3n) is 6.86. The summed E-state index contributed by atoms with van der Waals surface area (Å²) in [4.78, 5) is 9.66. The molecule has 1 atom stereocenters. The zero-order valence-corrected chi connectivity index (χ0v) is 19.4. The van der Waals surface area contributed by atoms with Gasteiger partial charge in [0.25, 0.3) is 0 Å². The van der Waals surface area contributed by atoms with Crippen LogP contribution < -0.4 is 4.74 Å². The van der Waals surface area contributed by atoms with Crippen LogP contribution in [0.4, 0.5) is 0 Å². The van der Waals surface area contributed by atoms with Crippen LogP contribution >= 0.6 is 0 Å². The van der Waals surface area contributed by atoms with Crippen LogP contribution in [0.5, 0.6) is 5.75 Å². The zero-order valence-electron chi connectivity index (χ0n) is 18.5. The molecule has 0 spiro atoms. The molecule has 1 saturated heterocycles. The minimum absolute atomic E-state index is 0.0684. The topological polar surface area (TPSA) is 62.7 Å². The molecule has 0 bridgehead atoms. The van der Waals surface area contributed by atoms with Crippen molar-refractivity contribution >= 4 is 9.84 Å². The molecule has 7 heteroatoms. The molecule has 2 aliphatic rings. The molecule has 0 amide bonds. The van der Waals surface area contributed by atoms with Crippen LogP contribution in [0.15, 0.2) is 52.5 Å². The Morgan fingerprint density at radius 2 is 1.77 bits per heavy atom. The molecule has 1 aromatic heterocycles. The van der Waals surface area contributed by atoms with Gasteiger partial charge in [0.15, 0.2) is 5.03 Å². The minimum Gasteiger partial charge on any atom is -0.497 e. The predicted molar refractivity (Wildman–Crippen MR) is 121 cm³/mol. The number of benzene rings is 1. The average Bonchev–Trinajstić information content (AvgIpc) is 2.84. The lowest BCUT2D eigenvalue weighted by molar-refractivity contribution is 0.0602. The molecule has 4 rings (SSSR count). The van der Waals surface area contributed by atoms with Crippen LogP contribution in [0.2, 0.25) is 0 Å². The van der Waals surface area contributed by atoms with Gasteiger partial charge in [-0.1, -0.05) is 31.4 Å². The lowest BCUT2D eigenvalue weighted by Gasteiger charge is -2.42. The van der Waals surface area contributed by atoms with Gasteiger partial charge in [-0.05, 0) is 49.6 Å². The summed E-state index contributed by atoms with van der Waals surface area (Å²) in [5.74, 6) is 0.513. The number of hydrogen-bond acceptors (Lipinski definition) is 6. The highest BCUT2D eigenvalue weighted by molar-refractivity contribution is 7.91. The highest BCUT2D eigenvalue weighted by atomic mass is 32.2. The summed E-state index contributed by atoms with van der Waals surface area (Å²) in [5.41, 5.74) is 1.05. The molecule has 31 heavy (non-hydrogen) atoms. The Balaban J connectivity index is 1.41. The monoisotopic (exact) mass is 443 g/mol. The number of ether oxygens (including phenoxy) is 1. The molecule has 1 aliphatic heterocycles. The lowest BCUT2D eigenvalue weighted by atomic mass is 9.93. The number of sulfone groups is 1. The molecule has 6 nitrogen and oxygen atoms in total. The van der Waals surface area contributed by atoms with Crippen molar-refractivity contribution in [3.8, 4) is 5.75 Å². The predicted octanol–water partition coefficient (Wildman–Crippen LogP) is 3.93. The summed E-state index contributed by atoms with van der Waals surface area (Å²) in [6.07, 6.45) is 8.55. The smallest absolute Gasteiger partial charge is 0.223 e. The SMILES string of the molecule is COc1cccc(S(=O)(=O)c2ccc([C@H](C)N3CCN(C4CCCCC4)CC3)cn2)c1. The molecule has 2 fully saturated rings. The maximum absolute atomic E-state index is 12.9. The largest absolute Gasteiger partial charge is 0.497 e. The molecule has 1 aliphatic carbocycles. The van der Waals surface area contributed by atoms with E-state index in [1.165, 1.54) is 45.3 Å². The Morgan fingerprint density at radius 3 is 2.42 bits per heavy atom. The number of aromatic nitrogens is 1. The van der Waals surface area contributed by atoms with Crippen LogP contribution in [-0.2, 0) is 9.84 Å². The van der Waals surface area contributed by atoms with E-state index in [9.17, 15) is 8.42 Å². The first kappa shape index (κ1) is 22.2. The van der Waals surface area contributed by atoms with Gasteiger partial charge in [0, 0.05) is 44.5 Å². The number of methoxy groups -OCH3 is 1. The fraction of sp³-hybridized carbons (Fsp3) is 0.542. The summed E-state index contributed by atoms with van der Waals surface area (Å²) in [7, 11) is -2.15. The Kier molecular flexibility index (Phi) is 6.94. The van der Waals surface area contributed by atoms with Gasteiger partial charge >= 0.3 is 0 Å².